The van der Waals surface area contributed by atoms with E-state index in [-0.39, 0.29) is 22.6 Å². The van der Waals surface area contributed by atoms with E-state index >= 15 is 0 Å². The van der Waals surface area contributed by atoms with Gasteiger partial charge in [-0.3, -0.25) is 10.1 Å². The summed E-state index contributed by atoms with van der Waals surface area (Å²) in [5.41, 5.74) is 10.4. The van der Waals surface area contributed by atoms with Crippen molar-refractivity contribution in [2.24, 2.45) is 21.7 Å². The molecule has 0 heterocycles. The Morgan fingerprint density at radius 1 is 1.40 bits per heavy atom. The van der Waals surface area contributed by atoms with Crippen molar-refractivity contribution in [1.29, 1.82) is 0 Å². The molecule has 0 unspecified atom stereocenters. The lowest BCUT2D eigenvalue weighted by Crippen LogP contribution is -2.21. The molecule has 108 valence electrons. The summed E-state index contributed by atoms with van der Waals surface area (Å²) in [5, 5.41) is 27.8. The van der Waals surface area contributed by atoms with Crippen molar-refractivity contribution in [2.75, 3.05) is 0 Å². The van der Waals surface area contributed by atoms with Gasteiger partial charge in [0.05, 0.1) is 11.1 Å². The average molecular weight is 279 g/mol. The zero-order valence-electron chi connectivity index (χ0n) is 11.5. The zero-order chi connectivity index (χ0) is 15.5. The predicted octanol–water partition coefficient (Wildman–Crippen LogP) is 1.21. The normalized spacial score (nSPS) is 11.6. The van der Waals surface area contributed by atoms with Crippen molar-refractivity contribution < 1.29 is 10.0 Å². The Bertz CT molecular complexity index is 583. The van der Waals surface area contributed by atoms with Gasteiger partial charge in [0.1, 0.15) is 0 Å². The molecule has 0 bridgehead atoms. The number of hydrogen-bond acceptors (Lipinski definition) is 5. The van der Waals surface area contributed by atoms with Gasteiger partial charge in [-0.1, -0.05) is 20.8 Å². The number of nitro groups is 1. The molecule has 1 rings (SSSR count). The van der Waals surface area contributed by atoms with E-state index in [0.29, 0.717) is 5.56 Å². The van der Waals surface area contributed by atoms with Gasteiger partial charge >= 0.3 is 5.69 Å². The molecule has 8 nitrogen and oxygen atoms in total. The second kappa shape index (κ2) is 5.55. The van der Waals surface area contributed by atoms with Crippen molar-refractivity contribution >= 4 is 17.9 Å². The average Bonchev–Trinajstić information content (AvgIpc) is 2.28. The van der Waals surface area contributed by atoms with E-state index in [0.717, 1.165) is 6.21 Å². The monoisotopic (exact) mass is 279 g/mol. The van der Waals surface area contributed by atoms with E-state index in [2.05, 4.69) is 10.2 Å². The molecular formula is C12H17N5O3. The molecule has 0 fully saturated rings. The van der Waals surface area contributed by atoms with Gasteiger partial charge in [-0.15, -0.1) is 5.10 Å². The molecule has 8 heteroatoms. The maximum absolute atomic E-state index is 11.0. The van der Waals surface area contributed by atoms with Crippen LogP contribution in [0.4, 0.5) is 5.69 Å². The van der Waals surface area contributed by atoms with E-state index in [1.807, 2.05) is 20.8 Å². The quantitative estimate of drug-likeness (QED) is 0.330. The number of phenolic OH excluding ortho intramolecular Hbond substituents is 1. The molecule has 5 N–H and O–H groups in total. The van der Waals surface area contributed by atoms with Crippen LogP contribution < -0.4 is 11.5 Å². The minimum atomic E-state index is -0.650. The minimum absolute atomic E-state index is 0.175. The van der Waals surface area contributed by atoms with E-state index < -0.39 is 10.7 Å². The number of aromatic hydroxyl groups is 1. The van der Waals surface area contributed by atoms with Crippen molar-refractivity contribution in [1.82, 2.24) is 0 Å². The number of hydrogen-bond donors (Lipinski definition) is 3. The maximum atomic E-state index is 11.0. The number of nitrogens with two attached hydrogens (primary N) is 2. The van der Waals surface area contributed by atoms with Crippen molar-refractivity contribution in [3.05, 3.63) is 33.4 Å². The van der Waals surface area contributed by atoms with Crippen LogP contribution >= 0.6 is 0 Å². The fourth-order valence-electron chi connectivity index (χ4n) is 1.47. The van der Waals surface area contributed by atoms with Crippen LogP contribution in [0.2, 0.25) is 0 Å². The van der Waals surface area contributed by atoms with Crippen LogP contribution in [0.3, 0.4) is 0 Å². The van der Waals surface area contributed by atoms with E-state index in [4.69, 9.17) is 11.5 Å². The Kier molecular flexibility index (Phi) is 4.28. The summed E-state index contributed by atoms with van der Waals surface area (Å²) in [6.45, 7) is 5.71. The van der Waals surface area contributed by atoms with Gasteiger partial charge in [0.2, 0.25) is 11.7 Å². The highest BCUT2D eigenvalue weighted by molar-refractivity contribution is 5.87. The Labute approximate surface area is 116 Å². The largest absolute Gasteiger partial charge is 0.502 e. The molecule has 0 saturated heterocycles. The first-order valence-corrected chi connectivity index (χ1v) is 5.76. The van der Waals surface area contributed by atoms with E-state index in [1.54, 1.807) is 6.07 Å². The van der Waals surface area contributed by atoms with Gasteiger partial charge in [-0.25, -0.2) is 0 Å². The lowest BCUT2D eigenvalue weighted by atomic mass is 9.85. The highest BCUT2D eigenvalue weighted by Crippen LogP contribution is 2.34. The number of benzene rings is 1. The zero-order valence-corrected chi connectivity index (χ0v) is 11.5. The third-order valence-corrected chi connectivity index (χ3v) is 2.55. The third-order valence-electron chi connectivity index (χ3n) is 2.55. The molecule has 20 heavy (non-hydrogen) atoms. The van der Waals surface area contributed by atoms with Gasteiger partial charge in [0.25, 0.3) is 0 Å². The highest BCUT2D eigenvalue weighted by atomic mass is 16.6. The molecule has 0 aliphatic rings. The van der Waals surface area contributed by atoms with Crippen LogP contribution in [0.5, 0.6) is 5.75 Å². The number of nitrogens with zero attached hydrogens (tertiary/aromatic N) is 3. The van der Waals surface area contributed by atoms with Crippen LogP contribution in [-0.4, -0.2) is 22.2 Å². The minimum Gasteiger partial charge on any atom is -0.502 e. The number of nitro benzene ring substituents is 1. The van der Waals surface area contributed by atoms with Crippen LogP contribution in [0, 0.1) is 10.1 Å². The fraction of sp³-hybridized carbons (Fsp3) is 0.333. The smallest absolute Gasteiger partial charge is 0.311 e. The lowest BCUT2D eigenvalue weighted by molar-refractivity contribution is -0.386. The molecule has 0 amide bonds. The van der Waals surface area contributed by atoms with Gasteiger partial charge in [0, 0.05) is 11.6 Å². The van der Waals surface area contributed by atoms with Crippen LogP contribution in [0.25, 0.3) is 0 Å². The van der Waals surface area contributed by atoms with Crippen molar-refractivity contribution in [2.45, 2.75) is 26.2 Å². The topological polar surface area (TPSA) is 140 Å². The van der Waals surface area contributed by atoms with Crippen LogP contribution in [-0.2, 0) is 5.41 Å². The number of rotatable bonds is 3. The Morgan fingerprint density at radius 2 is 2.00 bits per heavy atom. The SMILES string of the molecule is CC(C)(C)c1cc(C=NN=C(N)N)c(O)c([N+](=O)[O-])c1. The van der Waals surface area contributed by atoms with Crippen LogP contribution in [0.1, 0.15) is 31.9 Å². The first-order valence-electron chi connectivity index (χ1n) is 5.76. The summed E-state index contributed by atoms with van der Waals surface area (Å²) >= 11 is 0. The number of guanidine groups is 1. The number of phenols is 1. The second-order valence-corrected chi connectivity index (χ2v) is 5.21. The summed E-state index contributed by atoms with van der Waals surface area (Å²) in [5.74, 6) is -0.722. The first kappa shape index (κ1) is 15.4. The molecule has 0 atom stereocenters. The third kappa shape index (κ3) is 3.67. The molecule has 0 spiro atoms. The van der Waals surface area contributed by atoms with E-state index in [9.17, 15) is 15.2 Å². The van der Waals surface area contributed by atoms with Gasteiger partial charge in [0.15, 0.2) is 0 Å². The van der Waals surface area contributed by atoms with Gasteiger partial charge < -0.3 is 16.6 Å². The van der Waals surface area contributed by atoms with Crippen LogP contribution in [0.15, 0.2) is 22.3 Å². The Morgan fingerprint density at radius 3 is 2.45 bits per heavy atom. The molecule has 1 aromatic carbocycles. The van der Waals surface area contributed by atoms with Crippen molar-refractivity contribution in [3.8, 4) is 5.75 Å². The molecule has 1 aromatic rings. The highest BCUT2D eigenvalue weighted by Gasteiger charge is 2.23. The second-order valence-electron chi connectivity index (χ2n) is 5.21. The Hall–Kier alpha value is -2.64. The maximum Gasteiger partial charge on any atom is 0.311 e. The first-order chi connectivity index (χ1) is 9.12. The molecular weight excluding hydrogens is 262 g/mol. The van der Waals surface area contributed by atoms with E-state index in [1.165, 1.54) is 6.07 Å². The summed E-state index contributed by atoms with van der Waals surface area (Å²) in [4.78, 5) is 10.3. The fourth-order valence-corrected chi connectivity index (χ4v) is 1.47. The summed E-state index contributed by atoms with van der Waals surface area (Å²) in [7, 11) is 0. The standard InChI is InChI=1S/C12H17N5O3/c1-12(2,3)8-4-7(6-15-16-11(13)14)10(18)9(5-8)17(19)20/h4-6,18H,1-3H3,(H4,13,14,16). The predicted molar refractivity (Wildman–Crippen MR) is 76.9 cm³/mol. The molecule has 0 aliphatic heterocycles. The Balaban J connectivity index is 3.43. The van der Waals surface area contributed by atoms with Gasteiger partial charge in [-0.2, -0.15) is 5.10 Å². The lowest BCUT2D eigenvalue weighted by Gasteiger charge is -2.19. The summed E-state index contributed by atoms with van der Waals surface area (Å²) in [6, 6.07) is 2.95. The summed E-state index contributed by atoms with van der Waals surface area (Å²) in [6.07, 6.45) is 1.16. The summed E-state index contributed by atoms with van der Waals surface area (Å²) < 4.78 is 0. The van der Waals surface area contributed by atoms with Crippen molar-refractivity contribution in [3.63, 3.8) is 0 Å². The molecule has 0 aromatic heterocycles. The van der Waals surface area contributed by atoms with Gasteiger partial charge in [-0.05, 0) is 17.0 Å². The molecule has 0 saturated carbocycles. The molecule has 0 aliphatic carbocycles. The molecule has 0 radical (unpaired) electrons.